The van der Waals surface area contributed by atoms with Crippen LogP contribution in [0.2, 0.25) is 5.02 Å². The van der Waals surface area contributed by atoms with E-state index in [-0.39, 0.29) is 11.8 Å². The number of anilines is 2. The molecule has 0 aliphatic rings. The highest BCUT2D eigenvalue weighted by molar-refractivity contribution is 7.15. The van der Waals surface area contributed by atoms with E-state index in [1.807, 2.05) is 24.3 Å². The molecule has 5 nitrogen and oxygen atoms in total. The second-order valence-corrected chi connectivity index (χ2v) is 7.20. The summed E-state index contributed by atoms with van der Waals surface area (Å²) in [6.45, 7) is 1.44. The highest BCUT2D eigenvalue weighted by Gasteiger charge is 2.10. The molecule has 7 heteroatoms. The Balaban J connectivity index is 1.62. The van der Waals surface area contributed by atoms with Gasteiger partial charge in [-0.05, 0) is 42.0 Å². The smallest absolute Gasteiger partial charge is 0.257 e. The predicted octanol–water partition coefficient (Wildman–Crippen LogP) is 4.60. The third kappa shape index (κ3) is 4.91. The quantitative estimate of drug-likeness (QED) is 0.674. The summed E-state index contributed by atoms with van der Waals surface area (Å²) < 4.78 is 0. The van der Waals surface area contributed by atoms with Crippen LogP contribution in [0.1, 0.15) is 27.7 Å². The van der Waals surface area contributed by atoms with Gasteiger partial charge in [0.15, 0.2) is 5.13 Å². The van der Waals surface area contributed by atoms with Crippen molar-refractivity contribution in [1.29, 1.82) is 0 Å². The molecule has 2 N–H and O–H groups in total. The number of amides is 2. The summed E-state index contributed by atoms with van der Waals surface area (Å²) in [5.74, 6) is -0.398. The fraction of sp³-hybridized carbons (Fsp3) is 0.105. The van der Waals surface area contributed by atoms with E-state index >= 15 is 0 Å². The Morgan fingerprint density at radius 1 is 1.04 bits per heavy atom. The molecule has 132 valence electrons. The Morgan fingerprint density at radius 3 is 2.38 bits per heavy atom. The number of carbonyl (C=O) groups is 2. The summed E-state index contributed by atoms with van der Waals surface area (Å²) >= 11 is 7.32. The summed E-state index contributed by atoms with van der Waals surface area (Å²) in [5, 5.41) is 6.71. The van der Waals surface area contributed by atoms with E-state index in [0.29, 0.717) is 21.4 Å². The van der Waals surface area contributed by atoms with Crippen molar-refractivity contribution in [3.63, 3.8) is 0 Å². The number of nitrogens with one attached hydrogen (secondary N) is 2. The minimum absolute atomic E-state index is 0.154. The number of thiazole rings is 1. The number of carbonyl (C=O) groups excluding carboxylic acids is 2. The van der Waals surface area contributed by atoms with Crippen molar-refractivity contribution in [3.05, 3.63) is 75.8 Å². The zero-order valence-electron chi connectivity index (χ0n) is 14.0. The van der Waals surface area contributed by atoms with Crippen molar-refractivity contribution < 1.29 is 9.59 Å². The van der Waals surface area contributed by atoms with Gasteiger partial charge in [-0.15, -0.1) is 11.3 Å². The fourth-order valence-corrected chi connectivity index (χ4v) is 3.30. The van der Waals surface area contributed by atoms with Gasteiger partial charge >= 0.3 is 0 Å². The van der Waals surface area contributed by atoms with Crippen molar-refractivity contribution in [3.8, 4) is 0 Å². The van der Waals surface area contributed by atoms with Gasteiger partial charge in [0.25, 0.3) is 5.91 Å². The first-order chi connectivity index (χ1) is 12.5. The Bertz CT molecular complexity index is 921. The van der Waals surface area contributed by atoms with E-state index < -0.39 is 0 Å². The SMILES string of the molecule is CC(=O)Nc1ccc(C(=O)Nc2ncc(Cc3ccc(Cl)cc3)s2)cc1. The van der Waals surface area contributed by atoms with Gasteiger partial charge in [0.05, 0.1) is 0 Å². The second kappa shape index (κ2) is 8.12. The minimum atomic E-state index is -0.244. The van der Waals surface area contributed by atoms with Crippen molar-refractivity contribution in [2.24, 2.45) is 0 Å². The molecular weight excluding hydrogens is 370 g/mol. The van der Waals surface area contributed by atoms with E-state index in [1.165, 1.54) is 18.3 Å². The lowest BCUT2D eigenvalue weighted by molar-refractivity contribution is -0.114. The number of halogens is 1. The van der Waals surface area contributed by atoms with E-state index in [1.54, 1.807) is 30.5 Å². The van der Waals surface area contributed by atoms with Crippen LogP contribution in [0.3, 0.4) is 0 Å². The third-order valence-corrected chi connectivity index (χ3v) is 4.70. The van der Waals surface area contributed by atoms with Crippen LogP contribution >= 0.6 is 22.9 Å². The molecule has 0 saturated carbocycles. The number of benzene rings is 2. The molecule has 2 amide bonds. The van der Waals surface area contributed by atoms with Gasteiger partial charge in [0, 0.05) is 40.7 Å². The Morgan fingerprint density at radius 2 is 1.73 bits per heavy atom. The van der Waals surface area contributed by atoms with Crippen molar-refractivity contribution >= 4 is 45.6 Å². The molecule has 0 aliphatic carbocycles. The first kappa shape index (κ1) is 18.1. The summed E-state index contributed by atoms with van der Waals surface area (Å²) in [5.41, 5.74) is 2.27. The molecule has 0 spiro atoms. The Hall–Kier alpha value is -2.70. The Labute approximate surface area is 160 Å². The first-order valence-electron chi connectivity index (χ1n) is 7.88. The second-order valence-electron chi connectivity index (χ2n) is 5.65. The number of aromatic nitrogens is 1. The summed E-state index contributed by atoms with van der Waals surface area (Å²) in [6.07, 6.45) is 2.49. The molecule has 2 aromatic carbocycles. The van der Waals surface area contributed by atoms with Gasteiger partial charge in [-0.3, -0.25) is 14.9 Å². The predicted molar refractivity (Wildman–Crippen MR) is 105 cm³/mol. The van der Waals surface area contributed by atoms with E-state index in [0.717, 1.165) is 16.9 Å². The molecule has 26 heavy (non-hydrogen) atoms. The first-order valence-corrected chi connectivity index (χ1v) is 9.07. The summed E-state index contributed by atoms with van der Waals surface area (Å²) in [7, 11) is 0. The number of hydrogen-bond acceptors (Lipinski definition) is 4. The van der Waals surface area contributed by atoms with Crippen LogP contribution in [0, 0.1) is 0 Å². The highest BCUT2D eigenvalue weighted by atomic mass is 35.5. The molecule has 0 aliphatic heterocycles. The standard InChI is InChI=1S/C19H16ClN3O2S/c1-12(24)22-16-8-4-14(5-9-16)18(25)23-19-21-11-17(26-19)10-13-2-6-15(20)7-3-13/h2-9,11H,10H2,1H3,(H,22,24)(H,21,23,25). The van der Waals surface area contributed by atoms with Crippen molar-refractivity contribution in [2.75, 3.05) is 10.6 Å². The maximum absolute atomic E-state index is 12.3. The molecule has 0 saturated heterocycles. The van der Waals surface area contributed by atoms with Crippen LogP contribution in [0.5, 0.6) is 0 Å². The van der Waals surface area contributed by atoms with Gasteiger partial charge in [0.1, 0.15) is 0 Å². The highest BCUT2D eigenvalue weighted by Crippen LogP contribution is 2.22. The topological polar surface area (TPSA) is 71.1 Å². The molecule has 0 radical (unpaired) electrons. The summed E-state index contributed by atoms with van der Waals surface area (Å²) in [6, 6.07) is 14.3. The lowest BCUT2D eigenvalue weighted by Crippen LogP contribution is -2.12. The monoisotopic (exact) mass is 385 g/mol. The van der Waals surface area contributed by atoms with Gasteiger partial charge in [-0.1, -0.05) is 23.7 Å². The molecule has 0 bridgehead atoms. The lowest BCUT2D eigenvalue weighted by atomic mass is 10.1. The molecule has 1 heterocycles. The molecule has 0 unspecified atom stereocenters. The average molecular weight is 386 g/mol. The zero-order chi connectivity index (χ0) is 18.5. The van der Waals surface area contributed by atoms with E-state index in [2.05, 4.69) is 15.6 Å². The molecular formula is C19H16ClN3O2S. The Kier molecular flexibility index (Phi) is 5.65. The van der Waals surface area contributed by atoms with Crippen LogP contribution in [-0.4, -0.2) is 16.8 Å². The largest absolute Gasteiger partial charge is 0.326 e. The third-order valence-electron chi connectivity index (χ3n) is 3.53. The van der Waals surface area contributed by atoms with Crippen LogP contribution < -0.4 is 10.6 Å². The summed E-state index contributed by atoms with van der Waals surface area (Å²) in [4.78, 5) is 28.6. The van der Waals surface area contributed by atoms with Crippen molar-refractivity contribution in [1.82, 2.24) is 4.98 Å². The van der Waals surface area contributed by atoms with Crippen molar-refractivity contribution in [2.45, 2.75) is 13.3 Å². The fourth-order valence-electron chi connectivity index (χ4n) is 2.33. The van der Waals surface area contributed by atoms with Gasteiger partial charge in [-0.25, -0.2) is 4.98 Å². The van der Waals surface area contributed by atoms with E-state index in [4.69, 9.17) is 11.6 Å². The van der Waals surface area contributed by atoms with Gasteiger partial charge in [-0.2, -0.15) is 0 Å². The van der Waals surface area contributed by atoms with E-state index in [9.17, 15) is 9.59 Å². The average Bonchev–Trinajstić information content (AvgIpc) is 3.04. The molecule has 0 atom stereocenters. The van der Waals surface area contributed by atoms with Crippen LogP contribution in [0.4, 0.5) is 10.8 Å². The normalized spacial score (nSPS) is 10.4. The lowest BCUT2D eigenvalue weighted by Gasteiger charge is -2.04. The van der Waals surface area contributed by atoms with Crippen LogP contribution in [0.15, 0.2) is 54.7 Å². The minimum Gasteiger partial charge on any atom is -0.326 e. The number of hydrogen-bond donors (Lipinski definition) is 2. The van der Waals surface area contributed by atoms with Crippen LogP contribution in [0.25, 0.3) is 0 Å². The van der Waals surface area contributed by atoms with Gasteiger partial charge in [0.2, 0.25) is 5.91 Å². The molecule has 3 rings (SSSR count). The zero-order valence-corrected chi connectivity index (χ0v) is 15.5. The maximum atomic E-state index is 12.3. The number of nitrogens with zero attached hydrogens (tertiary/aromatic N) is 1. The van der Waals surface area contributed by atoms with Gasteiger partial charge < -0.3 is 5.32 Å². The molecule has 1 aromatic heterocycles. The molecule has 3 aromatic rings. The maximum Gasteiger partial charge on any atom is 0.257 e. The number of rotatable bonds is 5. The van der Waals surface area contributed by atoms with Crippen LogP contribution in [-0.2, 0) is 11.2 Å². The molecule has 0 fully saturated rings.